The Labute approximate surface area is 121 Å². The standard InChI is InChI=1S/C17H26N2O/c1-13-7-9-14(10-8-13)11-12-19-17(20)16(18)15-5-3-2-4-6-15/h2-6,13-14,16H,7-12,18H2,1H3,(H,19,20). The van der Waals surface area contributed by atoms with Gasteiger partial charge in [-0.25, -0.2) is 0 Å². The molecule has 0 aromatic heterocycles. The van der Waals surface area contributed by atoms with Crippen LogP contribution in [0.15, 0.2) is 30.3 Å². The Kier molecular flexibility index (Phi) is 5.60. The van der Waals surface area contributed by atoms with E-state index in [1.54, 1.807) is 0 Å². The Morgan fingerprint density at radius 3 is 2.55 bits per heavy atom. The highest BCUT2D eigenvalue weighted by Crippen LogP contribution is 2.29. The van der Waals surface area contributed by atoms with E-state index in [0.29, 0.717) is 0 Å². The molecule has 1 aliphatic carbocycles. The molecule has 0 radical (unpaired) electrons. The van der Waals surface area contributed by atoms with Gasteiger partial charge in [-0.3, -0.25) is 4.79 Å². The van der Waals surface area contributed by atoms with E-state index in [1.807, 2.05) is 30.3 Å². The molecule has 0 saturated heterocycles. The molecule has 110 valence electrons. The van der Waals surface area contributed by atoms with Gasteiger partial charge in [0.25, 0.3) is 0 Å². The molecule has 3 N–H and O–H groups in total. The van der Waals surface area contributed by atoms with E-state index in [0.717, 1.165) is 30.4 Å². The van der Waals surface area contributed by atoms with Gasteiger partial charge < -0.3 is 11.1 Å². The van der Waals surface area contributed by atoms with Crippen molar-refractivity contribution < 1.29 is 4.79 Å². The SMILES string of the molecule is CC1CCC(CCNC(=O)C(N)c2ccccc2)CC1. The number of nitrogens with two attached hydrogens (primary N) is 1. The summed E-state index contributed by atoms with van der Waals surface area (Å²) in [4.78, 5) is 12.0. The lowest BCUT2D eigenvalue weighted by atomic mass is 9.81. The van der Waals surface area contributed by atoms with E-state index >= 15 is 0 Å². The van der Waals surface area contributed by atoms with Crippen LogP contribution in [0.4, 0.5) is 0 Å². The van der Waals surface area contributed by atoms with Gasteiger partial charge in [0, 0.05) is 6.54 Å². The Morgan fingerprint density at radius 1 is 1.25 bits per heavy atom. The lowest BCUT2D eigenvalue weighted by molar-refractivity contribution is -0.122. The van der Waals surface area contributed by atoms with Crippen molar-refractivity contribution in [3.8, 4) is 0 Å². The van der Waals surface area contributed by atoms with Crippen molar-refractivity contribution in [2.24, 2.45) is 17.6 Å². The van der Waals surface area contributed by atoms with Crippen LogP contribution < -0.4 is 11.1 Å². The summed E-state index contributed by atoms with van der Waals surface area (Å²) in [6, 6.07) is 8.98. The minimum Gasteiger partial charge on any atom is -0.354 e. The molecule has 0 bridgehead atoms. The van der Waals surface area contributed by atoms with E-state index in [-0.39, 0.29) is 5.91 Å². The summed E-state index contributed by atoms with van der Waals surface area (Å²) >= 11 is 0. The zero-order valence-electron chi connectivity index (χ0n) is 12.3. The first-order chi connectivity index (χ1) is 9.66. The maximum atomic E-state index is 12.0. The summed E-state index contributed by atoms with van der Waals surface area (Å²) in [6.07, 6.45) is 6.37. The first kappa shape index (κ1) is 15.0. The van der Waals surface area contributed by atoms with E-state index in [9.17, 15) is 4.79 Å². The third-order valence-electron chi connectivity index (χ3n) is 4.43. The van der Waals surface area contributed by atoms with Crippen LogP contribution in [-0.2, 0) is 4.79 Å². The predicted octanol–water partition coefficient (Wildman–Crippen LogP) is 3.02. The number of hydrogen-bond donors (Lipinski definition) is 2. The fraction of sp³-hybridized carbons (Fsp3) is 0.588. The third-order valence-corrected chi connectivity index (χ3v) is 4.43. The van der Waals surface area contributed by atoms with E-state index in [4.69, 9.17) is 5.73 Å². The minimum absolute atomic E-state index is 0.0691. The highest BCUT2D eigenvalue weighted by Gasteiger charge is 2.19. The fourth-order valence-corrected chi connectivity index (χ4v) is 2.94. The number of amides is 1. The predicted molar refractivity (Wildman–Crippen MR) is 82.1 cm³/mol. The molecule has 1 aromatic rings. The Morgan fingerprint density at radius 2 is 1.90 bits per heavy atom. The van der Waals surface area contributed by atoms with Gasteiger partial charge in [0.2, 0.25) is 5.91 Å². The first-order valence-corrected chi connectivity index (χ1v) is 7.75. The average molecular weight is 274 g/mol. The molecule has 1 amide bonds. The second kappa shape index (κ2) is 7.44. The van der Waals surface area contributed by atoms with Crippen LogP contribution in [0.1, 0.15) is 50.6 Å². The second-order valence-corrected chi connectivity index (χ2v) is 6.09. The molecule has 1 aliphatic rings. The van der Waals surface area contributed by atoms with Crippen molar-refractivity contribution >= 4 is 5.91 Å². The number of carbonyl (C=O) groups is 1. The average Bonchev–Trinajstić information content (AvgIpc) is 2.49. The summed E-state index contributed by atoms with van der Waals surface area (Å²) in [5.41, 5.74) is 6.84. The lowest BCUT2D eigenvalue weighted by Crippen LogP contribution is -2.35. The molecule has 0 aliphatic heterocycles. The minimum atomic E-state index is -0.553. The van der Waals surface area contributed by atoms with Crippen LogP contribution in [0.25, 0.3) is 0 Å². The molecule has 1 fully saturated rings. The van der Waals surface area contributed by atoms with Gasteiger partial charge >= 0.3 is 0 Å². The number of benzene rings is 1. The number of rotatable bonds is 5. The molecule has 3 heteroatoms. The third kappa shape index (κ3) is 4.34. The zero-order valence-corrected chi connectivity index (χ0v) is 12.3. The molecule has 1 aromatic carbocycles. The van der Waals surface area contributed by atoms with Gasteiger partial charge in [-0.1, -0.05) is 62.9 Å². The van der Waals surface area contributed by atoms with Gasteiger partial charge in [-0.2, -0.15) is 0 Å². The molecule has 0 spiro atoms. The monoisotopic (exact) mass is 274 g/mol. The van der Waals surface area contributed by atoms with Crippen LogP contribution >= 0.6 is 0 Å². The molecule has 0 heterocycles. The van der Waals surface area contributed by atoms with Gasteiger partial charge in [-0.05, 0) is 23.8 Å². The van der Waals surface area contributed by atoms with Gasteiger partial charge in [0.1, 0.15) is 6.04 Å². The highest BCUT2D eigenvalue weighted by molar-refractivity contribution is 5.82. The van der Waals surface area contributed by atoms with Crippen LogP contribution in [-0.4, -0.2) is 12.5 Å². The molecule has 20 heavy (non-hydrogen) atoms. The van der Waals surface area contributed by atoms with E-state index in [2.05, 4.69) is 12.2 Å². The van der Waals surface area contributed by atoms with Crippen LogP contribution in [0, 0.1) is 11.8 Å². The van der Waals surface area contributed by atoms with Crippen molar-refractivity contribution in [1.82, 2.24) is 5.32 Å². The number of nitrogens with one attached hydrogen (secondary N) is 1. The fourth-order valence-electron chi connectivity index (χ4n) is 2.94. The molecular weight excluding hydrogens is 248 g/mol. The summed E-state index contributed by atoms with van der Waals surface area (Å²) in [6.45, 7) is 3.08. The number of hydrogen-bond acceptors (Lipinski definition) is 2. The van der Waals surface area contributed by atoms with Gasteiger partial charge in [0.15, 0.2) is 0 Å². The first-order valence-electron chi connectivity index (χ1n) is 7.75. The molecule has 1 unspecified atom stereocenters. The van der Waals surface area contributed by atoms with Crippen LogP contribution in [0.2, 0.25) is 0 Å². The molecular formula is C17H26N2O. The van der Waals surface area contributed by atoms with E-state index in [1.165, 1.54) is 25.7 Å². The lowest BCUT2D eigenvalue weighted by Gasteiger charge is -2.26. The van der Waals surface area contributed by atoms with Crippen LogP contribution in [0.3, 0.4) is 0 Å². The molecule has 3 nitrogen and oxygen atoms in total. The smallest absolute Gasteiger partial charge is 0.241 e. The largest absolute Gasteiger partial charge is 0.354 e. The summed E-state index contributed by atoms with van der Waals surface area (Å²) in [7, 11) is 0. The Bertz CT molecular complexity index is 410. The Hall–Kier alpha value is -1.35. The van der Waals surface area contributed by atoms with Gasteiger partial charge in [0.05, 0.1) is 0 Å². The van der Waals surface area contributed by atoms with Crippen molar-refractivity contribution in [2.45, 2.75) is 45.1 Å². The molecule has 1 saturated carbocycles. The summed E-state index contributed by atoms with van der Waals surface area (Å²) in [5.74, 6) is 1.59. The second-order valence-electron chi connectivity index (χ2n) is 6.09. The van der Waals surface area contributed by atoms with Gasteiger partial charge in [-0.15, -0.1) is 0 Å². The van der Waals surface area contributed by atoms with Crippen LogP contribution in [0.5, 0.6) is 0 Å². The zero-order chi connectivity index (χ0) is 14.4. The van der Waals surface area contributed by atoms with Crippen molar-refractivity contribution in [2.75, 3.05) is 6.54 Å². The maximum Gasteiger partial charge on any atom is 0.241 e. The highest BCUT2D eigenvalue weighted by atomic mass is 16.2. The van der Waals surface area contributed by atoms with Crippen molar-refractivity contribution in [3.63, 3.8) is 0 Å². The summed E-state index contributed by atoms with van der Waals surface area (Å²) in [5, 5.41) is 2.98. The normalized spacial score (nSPS) is 24.1. The Balaban J connectivity index is 1.70. The maximum absolute atomic E-state index is 12.0. The topological polar surface area (TPSA) is 55.1 Å². The van der Waals surface area contributed by atoms with E-state index < -0.39 is 6.04 Å². The molecule has 1 atom stereocenters. The quantitative estimate of drug-likeness (QED) is 0.867. The number of carbonyl (C=O) groups excluding carboxylic acids is 1. The molecule has 2 rings (SSSR count). The summed E-state index contributed by atoms with van der Waals surface area (Å²) < 4.78 is 0. The van der Waals surface area contributed by atoms with Crippen molar-refractivity contribution in [1.29, 1.82) is 0 Å². The van der Waals surface area contributed by atoms with Crippen molar-refractivity contribution in [3.05, 3.63) is 35.9 Å².